The van der Waals surface area contributed by atoms with Crippen molar-refractivity contribution in [2.24, 2.45) is 0 Å². The minimum atomic E-state index is -0.375. The number of nitrogens with zero attached hydrogens (tertiary/aromatic N) is 1. The molecule has 1 amide bonds. The summed E-state index contributed by atoms with van der Waals surface area (Å²) in [4.78, 5) is 15.3. The number of amides is 1. The van der Waals surface area contributed by atoms with Gasteiger partial charge in [0.05, 0.1) is 12.6 Å². The molecular weight excluding hydrogens is 434 g/mol. The molecule has 34 heavy (non-hydrogen) atoms. The maximum atomic E-state index is 13.5. The Morgan fingerprint density at radius 1 is 0.912 bits per heavy atom. The normalized spacial score (nSPS) is 20.4. The van der Waals surface area contributed by atoms with E-state index in [1.54, 1.807) is 4.90 Å². The van der Waals surface area contributed by atoms with Crippen molar-refractivity contribution < 1.29 is 28.5 Å². The van der Waals surface area contributed by atoms with Gasteiger partial charge in [0.1, 0.15) is 6.61 Å². The van der Waals surface area contributed by atoms with E-state index >= 15 is 0 Å². The van der Waals surface area contributed by atoms with Gasteiger partial charge < -0.3 is 23.7 Å². The molecule has 7 nitrogen and oxygen atoms in total. The summed E-state index contributed by atoms with van der Waals surface area (Å²) in [6.45, 7) is 0.945. The van der Waals surface area contributed by atoms with E-state index in [1.807, 2.05) is 48.5 Å². The van der Waals surface area contributed by atoms with Crippen LogP contribution in [0, 0.1) is 0 Å². The fraction of sp³-hybridized carbons (Fsp3) is 0.222. The largest absolute Gasteiger partial charge is 0.454 e. The average molecular weight is 455 g/mol. The molecule has 3 aromatic rings. The topological polar surface area (TPSA) is 66.5 Å². The number of carbonyl (C=O) groups is 1. The Bertz CT molecular complexity index is 1330. The van der Waals surface area contributed by atoms with Gasteiger partial charge in [0.2, 0.25) is 13.6 Å². The van der Waals surface area contributed by atoms with Crippen LogP contribution in [0.2, 0.25) is 0 Å². The van der Waals surface area contributed by atoms with Crippen molar-refractivity contribution >= 4 is 12.2 Å². The van der Waals surface area contributed by atoms with Gasteiger partial charge in [-0.1, -0.05) is 48.6 Å². The molecule has 0 spiro atoms. The SMILES string of the molecule is O=C(OCc1ccccc1)N1Cc2c(ccc3c2OCO3)[C@H]2C=Cc3cc4c(cc3[C@H]21)OCO4. The Hall–Kier alpha value is -4.13. The Morgan fingerprint density at radius 2 is 1.71 bits per heavy atom. The Labute approximate surface area is 196 Å². The summed E-state index contributed by atoms with van der Waals surface area (Å²) < 4.78 is 28.4. The smallest absolute Gasteiger partial charge is 0.410 e. The highest BCUT2D eigenvalue weighted by Crippen LogP contribution is 2.53. The summed E-state index contributed by atoms with van der Waals surface area (Å²) >= 11 is 0. The zero-order valence-electron chi connectivity index (χ0n) is 18.2. The first-order chi connectivity index (χ1) is 16.8. The van der Waals surface area contributed by atoms with Gasteiger partial charge in [-0.2, -0.15) is 0 Å². The van der Waals surface area contributed by atoms with E-state index in [9.17, 15) is 4.79 Å². The molecule has 0 radical (unpaired) electrons. The molecule has 3 aliphatic heterocycles. The minimum Gasteiger partial charge on any atom is -0.454 e. The standard InChI is InChI=1S/C27H21NO6/c29-27(30-13-16-4-2-1-3-5-16)28-12-21-18(8-9-22-26(21)34-15-31-22)19-7-6-17-10-23-24(33-14-32-23)11-20(17)25(19)28/h1-11,19,25H,12-15H2/t19-,25+/m1/s1. The van der Waals surface area contributed by atoms with Crippen LogP contribution in [0.4, 0.5) is 4.79 Å². The van der Waals surface area contributed by atoms with Crippen LogP contribution in [0.1, 0.15) is 39.8 Å². The Balaban J connectivity index is 1.31. The molecule has 0 bridgehead atoms. The zero-order valence-corrected chi connectivity index (χ0v) is 18.2. The van der Waals surface area contributed by atoms with Crippen LogP contribution >= 0.6 is 0 Å². The molecule has 3 heterocycles. The molecule has 1 aliphatic carbocycles. The summed E-state index contributed by atoms with van der Waals surface area (Å²) in [7, 11) is 0. The van der Waals surface area contributed by atoms with E-state index in [0.717, 1.165) is 33.6 Å². The van der Waals surface area contributed by atoms with Gasteiger partial charge in [0, 0.05) is 11.5 Å². The van der Waals surface area contributed by atoms with Crippen molar-refractivity contribution in [1.82, 2.24) is 4.90 Å². The van der Waals surface area contributed by atoms with Crippen molar-refractivity contribution in [2.45, 2.75) is 25.1 Å². The zero-order chi connectivity index (χ0) is 22.6. The molecule has 7 heteroatoms. The summed E-state index contributed by atoms with van der Waals surface area (Å²) in [5.41, 5.74) is 5.05. The highest BCUT2D eigenvalue weighted by molar-refractivity contribution is 5.74. The average Bonchev–Trinajstić information content (AvgIpc) is 3.55. The number of carbonyl (C=O) groups excluding carboxylic acids is 1. The molecule has 0 saturated carbocycles. The molecule has 0 aromatic heterocycles. The Morgan fingerprint density at radius 3 is 2.59 bits per heavy atom. The van der Waals surface area contributed by atoms with E-state index in [1.165, 1.54) is 0 Å². The predicted molar refractivity (Wildman–Crippen MR) is 122 cm³/mol. The second-order valence-corrected chi connectivity index (χ2v) is 8.70. The maximum Gasteiger partial charge on any atom is 0.410 e. The highest BCUT2D eigenvalue weighted by Gasteiger charge is 2.43. The van der Waals surface area contributed by atoms with E-state index in [2.05, 4.69) is 18.2 Å². The molecule has 4 aliphatic rings. The molecule has 7 rings (SSSR count). The first kappa shape index (κ1) is 19.3. The van der Waals surface area contributed by atoms with E-state index in [-0.39, 0.29) is 38.2 Å². The van der Waals surface area contributed by atoms with Crippen LogP contribution in [0.25, 0.3) is 6.08 Å². The van der Waals surface area contributed by atoms with E-state index in [0.29, 0.717) is 23.8 Å². The summed E-state index contributed by atoms with van der Waals surface area (Å²) in [5.74, 6) is 2.77. The van der Waals surface area contributed by atoms with E-state index < -0.39 is 0 Å². The van der Waals surface area contributed by atoms with Gasteiger partial charge in [0.15, 0.2) is 23.0 Å². The molecule has 0 unspecified atom stereocenters. The van der Waals surface area contributed by atoms with Crippen molar-refractivity contribution in [3.63, 3.8) is 0 Å². The fourth-order valence-electron chi connectivity index (χ4n) is 5.29. The van der Waals surface area contributed by atoms with Crippen molar-refractivity contribution in [1.29, 1.82) is 0 Å². The quantitative estimate of drug-likeness (QED) is 0.533. The molecule has 2 atom stereocenters. The van der Waals surface area contributed by atoms with Crippen molar-refractivity contribution in [3.05, 3.63) is 88.5 Å². The number of hydrogen-bond acceptors (Lipinski definition) is 6. The third kappa shape index (κ3) is 2.93. The lowest BCUT2D eigenvalue weighted by atomic mass is 9.75. The van der Waals surface area contributed by atoms with Crippen LogP contribution in [0.15, 0.2) is 60.7 Å². The van der Waals surface area contributed by atoms with Gasteiger partial charge in [-0.05, 0) is 40.5 Å². The number of fused-ring (bicyclic) bond motifs is 8. The summed E-state index contributed by atoms with van der Waals surface area (Å²) in [6, 6.07) is 17.4. The van der Waals surface area contributed by atoms with Gasteiger partial charge >= 0.3 is 6.09 Å². The van der Waals surface area contributed by atoms with Crippen LogP contribution in [0.3, 0.4) is 0 Å². The van der Waals surface area contributed by atoms with Crippen LogP contribution < -0.4 is 18.9 Å². The van der Waals surface area contributed by atoms with Crippen LogP contribution in [-0.4, -0.2) is 24.6 Å². The lowest BCUT2D eigenvalue weighted by molar-refractivity contribution is 0.0683. The van der Waals surface area contributed by atoms with Crippen LogP contribution in [-0.2, 0) is 17.9 Å². The van der Waals surface area contributed by atoms with Crippen molar-refractivity contribution in [3.8, 4) is 23.0 Å². The highest BCUT2D eigenvalue weighted by atomic mass is 16.7. The number of hydrogen-bond donors (Lipinski definition) is 0. The first-order valence-electron chi connectivity index (χ1n) is 11.3. The maximum absolute atomic E-state index is 13.5. The molecular formula is C27H21NO6. The van der Waals surface area contributed by atoms with Gasteiger partial charge in [-0.3, -0.25) is 4.90 Å². The number of rotatable bonds is 2. The summed E-state index contributed by atoms with van der Waals surface area (Å²) in [5, 5.41) is 0. The molecule has 0 N–H and O–H groups in total. The number of ether oxygens (including phenoxy) is 5. The Kier molecular flexibility index (Phi) is 4.24. The van der Waals surface area contributed by atoms with Gasteiger partial charge in [-0.15, -0.1) is 0 Å². The fourth-order valence-corrected chi connectivity index (χ4v) is 5.29. The predicted octanol–water partition coefficient (Wildman–Crippen LogP) is 5.15. The minimum absolute atomic E-state index is 0.0598. The second-order valence-electron chi connectivity index (χ2n) is 8.70. The molecule has 3 aromatic carbocycles. The summed E-state index contributed by atoms with van der Waals surface area (Å²) in [6.07, 6.45) is 3.86. The second kappa shape index (κ2) is 7.45. The first-order valence-corrected chi connectivity index (χ1v) is 11.3. The molecule has 0 saturated heterocycles. The third-order valence-corrected chi connectivity index (χ3v) is 6.86. The lowest BCUT2D eigenvalue weighted by Gasteiger charge is -2.43. The molecule has 170 valence electrons. The van der Waals surface area contributed by atoms with Crippen LogP contribution in [0.5, 0.6) is 23.0 Å². The van der Waals surface area contributed by atoms with Gasteiger partial charge in [0.25, 0.3) is 0 Å². The monoisotopic (exact) mass is 455 g/mol. The molecule has 0 fully saturated rings. The third-order valence-electron chi connectivity index (χ3n) is 6.86. The van der Waals surface area contributed by atoms with Crippen molar-refractivity contribution in [2.75, 3.05) is 13.6 Å². The van der Waals surface area contributed by atoms with Gasteiger partial charge in [-0.25, -0.2) is 4.79 Å². The van der Waals surface area contributed by atoms with E-state index in [4.69, 9.17) is 23.7 Å². The lowest BCUT2D eigenvalue weighted by Crippen LogP contribution is -2.42. The number of benzene rings is 3.